The first-order chi connectivity index (χ1) is 19.9. The van der Waals surface area contributed by atoms with Crippen LogP contribution in [0.4, 0.5) is 26.3 Å². The average molecular weight is 626 g/mol. The minimum atomic E-state index is -4.53. The van der Waals surface area contributed by atoms with Gasteiger partial charge in [-0.05, 0) is 95.0 Å². The number of nitrogens with one attached hydrogen (secondary N) is 1. The molecule has 0 fully saturated rings. The van der Waals surface area contributed by atoms with Crippen LogP contribution in [0.3, 0.4) is 0 Å². The van der Waals surface area contributed by atoms with Gasteiger partial charge in [0.2, 0.25) is 0 Å². The molecule has 2 atom stereocenters. The molecular weight excluding hydrogens is 600 g/mol. The molecule has 0 amide bonds. The quantitative estimate of drug-likeness (QED) is 0.136. The predicted octanol–water partition coefficient (Wildman–Crippen LogP) is 9.74. The number of benzene rings is 4. The molecule has 0 heterocycles. The van der Waals surface area contributed by atoms with E-state index in [1.54, 1.807) is 42.5 Å². The summed E-state index contributed by atoms with van der Waals surface area (Å²) in [5.74, 6) is 0.985. The maximum absolute atomic E-state index is 13.1. The molecule has 0 aliphatic heterocycles. The highest BCUT2D eigenvalue weighted by molar-refractivity contribution is 8.00. The number of aliphatic hydroxyl groups is 1. The van der Waals surface area contributed by atoms with E-state index in [1.165, 1.54) is 30.3 Å². The summed E-state index contributed by atoms with van der Waals surface area (Å²) in [5.41, 5.74) is -3.03. The number of alkyl halides is 6. The second-order valence-electron chi connectivity index (χ2n) is 9.36. The maximum Gasteiger partial charge on any atom is 0.446 e. The molecule has 11 heteroatoms. The molecule has 3 nitrogen and oxygen atoms in total. The Morgan fingerprint density at radius 3 is 2.07 bits per heavy atom. The normalized spacial score (nSPS) is 13.5. The summed E-state index contributed by atoms with van der Waals surface area (Å²) in [7, 11) is 0. The van der Waals surface area contributed by atoms with Crippen LogP contribution in [0.25, 0.3) is 0 Å². The Bertz CT molecular complexity index is 1490. The van der Waals surface area contributed by atoms with E-state index in [0.29, 0.717) is 39.6 Å². The van der Waals surface area contributed by atoms with Gasteiger partial charge < -0.3 is 9.84 Å². The van der Waals surface area contributed by atoms with Gasteiger partial charge in [0.1, 0.15) is 11.5 Å². The van der Waals surface area contributed by atoms with Crippen LogP contribution in [0.1, 0.15) is 46.8 Å². The molecule has 0 saturated carbocycles. The largest absolute Gasteiger partial charge is 0.457 e. The second kappa shape index (κ2) is 13.4. The summed E-state index contributed by atoms with van der Waals surface area (Å²) in [6, 6.07) is 20.7. The monoisotopic (exact) mass is 625 g/mol. The van der Waals surface area contributed by atoms with Crippen molar-refractivity contribution in [2.75, 3.05) is 6.61 Å². The van der Waals surface area contributed by atoms with Crippen molar-refractivity contribution in [1.29, 1.82) is 0 Å². The summed E-state index contributed by atoms with van der Waals surface area (Å²) in [6.07, 6.45) is -3.83. The van der Waals surface area contributed by atoms with E-state index in [0.717, 1.165) is 17.7 Å². The Morgan fingerprint density at radius 2 is 1.45 bits per heavy atom. The molecule has 0 aliphatic rings. The van der Waals surface area contributed by atoms with Gasteiger partial charge in [0.25, 0.3) is 0 Å². The lowest BCUT2D eigenvalue weighted by atomic mass is 9.96. The SMILES string of the molecule is CCc1cc(Oc2cccc(C(NC(CO)c3ccc(C(F)(F)F)cc3)c3cccc(SC(F)(F)F)c3)c2)ccc1Cl. The van der Waals surface area contributed by atoms with Crippen molar-refractivity contribution in [2.24, 2.45) is 0 Å². The summed E-state index contributed by atoms with van der Waals surface area (Å²) < 4.78 is 84.8. The van der Waals surface area contributed by atoms with Crippen molar-refractivity contribution in [3.05, 3.63) is 124 Å². The first-order valence-corrected chi connectivity index (χ1v) is 14.0. The van der Waals surface area contributed by atoms with Gasteiger partial charge in [-0.2, -0.15) is 26.3 Å². The highest BCUT2D eigenvalue weighted by atomic mass is 35.5. The van der Waals surface area contributed by atoms with Gasteiger partial charge in [-0.15, -0.1) is 0 Å². The summed E-state index contributed by atoms with van der Waals surface area (Å²) in [5, 5.41) is 14.0. The predicted molar refractivity (Wildman–Crippen MR) is 152 cm³/mol. The number of rotatable bonds is 10. The van der Waals surface area contributed by atoms with Crippen LogP contribution in [0, 0.1) is 0 Å². The lowest BCUT2D eigenvalue weighted by Gasteiger charge is -2.27. The number of hydrogen-bond donors (Lipinski definition) is 2. The Hall–Kier alpha value is -3.18. The van der Waals surface area contributed by atoms with Crippen molar-refractivity contribution in [3.63, 3.8) is 0 Å². The molecule has 2 N–H and O–H groups in total. The minimum absolute atomic E-state index is 0.0393. The third-order valence-corrected chi connectivity index (χ3v) is 7.53. The van der Waals surface area contributed by atoms with Crippen molar-refractivity contribution < 1.29 is 36.2 Å². The van der Waals surface area contributed by atoms with E-state index in [4.69, 9.17) is 16.3 Å². The standard InChI is InChI=1S/C31H26ClF6NO2S/c1-2-19-15-25(13-14-27(19)32)41-24-7-3-5-21(16-24)29(22-6-4-8-26(17-22)42-31(36,37)38)39-28(18-40)20-9-11-23(12-10-20)30(33,34)35/h3-17,28-29,39-40H,2,18H2,1H3. The molecular formula is C31H26ClF6NO2S. The first-order valence-electron chi connectivity index (χ1n) is 12.8. The zero-order chi connectivity index (χ0) is 30.5. The smallest absolute Gasteiger partial charge is 0.446 e. The van der Waals surface area contributed by atoms with E-state index in [1.807, 2.05) is 13.0 Å². The molecule has 0 spiro atoms. The minimum Gasteiger partial charge on any atom is -0.457 e. The Morgan fingerprint density at radius 1 is 0.810 bits per heavy atom. The third kappa shape index (κ3) is 8.44. The fraction of sp³-hybridized carbons (Fsp3) is 0.226. The number of aryl methyl sites for hydroxylation is 1. The van der Waals surface area contributed by atoms with Crippen LogP contribution in [-0.4, -0.2) is 17.2 Å². The van der Waals surface area contributed by atoms with E-state index < -0.39 is 35.9 Å². The highest BCUT2D eigenvalue weighted by Gasteiger charge is 2.31. The number of aliphatic hydroxyl groups excluding tert-OH is 1. The summed E-state index contributed by atoms with van der Waals surface area (Å²) >= 11 is 5.96. The average Bonchev–Trinajstić information content (AvgIpc) is 2.94. The Kier molecular flexibility index (Phi) is 10.1. The van der Waals surface area contributed by atoms with Gasteiger partial charge in [0.15, 0.2) is 0 Å². The topological polar surface area (TPSA) is 41.5 Å². The second-order valence-corrected chi connectivity index (χ2v) is 10.9. The molecule has 4 rings (SSSR count). The van der Waals surface area contributed by atoms with Crippen molar-refractivity contribution in [2.45, 2.75) is 42.0 Å². The zero-order valence-electron chi connectivity index (χ0n) is 22.1. The first kappa shape index (κ1) is 31.7. The van der Waals surface area contributed by atoms with Crippen LogP contribution in [0.5, 0.6) is 11.5 Å². The molecule has 0 aliphatic carbocycles. The van der Waals surface area contributed by atoms with Crippen LogP contribution in [0.15, 0.2) is 95.9 Å². The molecule has 42 heavy (non-hydrogen) atoms. The van der Waals surface area contributed by atoms with Gasteiger partial charge in [-0.1, -0.05) is 54.9 Å². The van der Waals surface area contributed by atoms with Crippen LogP contribution in [0.2, 0.25) is 5.02 Å². The van der Waals surface area contributed by atoms with Crippen molar-refractivity contribution in [3.8, 4) is 11.5 Å². The Balaban J connectivity index is 1.71. The number of hydrogen-bond acceptors (Lipinski definition) is 4. The highest BCUT2D eigenvalue weighted by Crippen LogP contribution is 2.39. The van der Waals surface area contributed by atoms with E-state index in [2.05, 4.69) is 5.32 Å². The van der Waals surface area contributed by atoms with Crippen LogP contribution >= 0.6 is 23.4 Å². The van der Waals surface area contributed by atoms with Gasteiger partial charge in [-0.25, -0.2) is 0 Å². The van der Waals surface area contributed by atoms with Gasteiger partial charge in [0.05, 0.1) is 24.3 Å². The fourth-order valence-electron chi connectivity index (χ4n) is 4.42. The van der Waals surface area contributed by atoms with E-state index in [9.17, 15) is 31.4 Å². The Labute approximate surface area is 248 Å². The van der Waals surface area contributed by atoms with Gasteiger partial charge >= 0.3 is 11.7 Å². The molecule has 0 radical (unpaired) electrons. The molecule has 0 saturated heterocycles. The summed E-state index contributed by atoms with van der Waals surface area (Å²) in [6.45, 7) is 1.47. The van der Waals surface area contributed by atoms with Gasteiger partial charge in [-0.3, -0.25) is 5.32 Å². The summed E-state index contributed by atoms with van der Waals surface area (Å²) in [4.78, 5) is -0.0393. The molecule has 4 aromatic carbocycles. The van der Waals surface area contributed by atoms with Crippen molar-refractivity contribution >= 4 is 23.4 Å². The lowest BCUT2D eigenvalue weighted by Crippen LogP contribution is -2.30. The molecule has 0 aromatic heterocycles. The van der Waals surface area contributed by atoms with E-state index in [-0.39, 0.29) is 16.7 Å². The number of ether oxygens (including phenoxy) is 1. The molecule has 2 unspecified atom stereocenters. The molecule has 222 valence electrons. The third-order valence-electron chi connectivity index (χ3n) is 6.44. The van der Waals surface area contributed by atoms with Crippen LogP contribution < -0.4 is 10.1 Å². The van der Waals surface area contributed by atoms with Crippen molar-refractivity contribution in [1.82, 2.24) is 5.32 Å². The number of halogens is 7. The number of thioether (sulfide) groups is 1. The zero-order valence-corrected chi connectivity index (χ0v) is 23.7. The van der Waals surface area contributed by atoms with Gasteiger partial charge in [0, 0.05) is 9.92 Å². The van der Waals surface area contributed by atoms with E-state index >= 15 is 0 Å². The fourth-order valence-corrected chi connectivity index (χ4v) is 5.28. The van der Waals surface area contributed by atoms with Crippen LogP contribution in [-0.2, 0) is 12.6 Å². The molecule has 0 bridgehead atoms. The maximum atomic E-state index is 13.1. The lowest BCUT2D eigenvalue weighted by molar-refractivity contribution is -0.137. The molecule has 4 aromatic rings.